The summed E-state index contributed by atoms with van der Waals surface area (Å²) in [5.41, 5.74) is 1.57. The first-order valence-electron chi connectivity index (χ1n) is 8.14. The SMILES string of the molecule is CCn1c(O)c(N=NC(=O)c2cc3cc(Cl)ccc3o2)c2cc(Br)ccc21. The second-order valence-corrected chi connectivity index (χ2v) is 7.23. The normalized spacial score (nSPS) is 11.8. The molecule has 0 aliphatic rings. The molecule has 0 atom stereocenters. The summed E-state index contributed by atoms with van der Waals surface area (Å²) in [6.45, 7) is 2.46. The number of carbonyl (C=O) groups is 1. The number of benzene rings is 2. The Morgan fingerprint density at radius 2 is 2.07 bits per heavy atom. The number of hydrogen-bond acceptors (Lipinski definition) is 4. The molecule has 2 aromatic heterocycles. The summed E-state index contributed by atoms with van der Waals surface area (Å²) < 4.78 is 8.03. The zero-order valence-corrected chi connectivity index (χ0v) is 16.5. The van der Waals surface area contributed by atoms with Crippen LogP contribution in [0.25, 0.3) is 21.9 Å². The molecule has 136 valence electrons. The quantitative estimate of drug-likeness (QED) is 0.367. The van der Waals surface area contributed by atoms with Gasteiger partial charge in [0.25, 0.3) is 0 Å². The molecule has 0 aliphatic heterocycles. The molecule has 27 heavy (non-hydrogen) atoms. The second-order valence-electron chi connectivity index (χ2n) is 5.88. The summed E-state index contributed by atoms with van der Waals surface area (Å²) in [6.07, 6.45) is 0. The lowest BCUT2D eigenvalue weighted by Crippen LogP contribution is -1.91. The van der Waals surface area contributed by atoms with E-state index in [1.807, 2.05) is 25.1 Å². The molecule has 0 unspecified atom stereocenters. The van der Waals surface area contributed by atoms with Crippen LogP contribution in [0.2, 0.25) is 5.02 Å². The van der Waals surface area contributed by atoms with Crippen LogP contribution >= 0.6 is 27.5 Å². The van der Waals surface area contributed by atoms with Gasteiger partial charge in [-0.05, 0) is 49.4 Å². The van der Waals surface area contributed by atoms with Crippen LogP contribution in [-0.4, -0.2) is 15.6 Å². The largest absolute Gasteiger partial charge is 0.493 e. The van der Waals surface area contributed by atoms with Crippen LogP contribution in [0.1, 0.15) is 17.5 Å². The van der Waals surface area contributed by atoms with Crippen LogP contribution in [0, 0.1) is 0 Å². The van der Waals surface area contributed by atoms with Crippen molar-refractivity contribution in [2.75, 3.05) is 0 Å². The summed E-state index contributed by atoms with van der Waals surface area (Å²) in [5.74, 6) is -0.636. The van der Waals surface area contributed by atoms with Crippen molar-refractivity contribution in [3.8, 4) is 5.88 Å². The average Bonchev–Trinajstić information content (AvgIpc) is 3.17. The Kier molecular flexibility index (Phi) is 4.49. The number of aromatic nitrogens is 1. The molecule has 0 radical (unpaired) electrons. The Morgan fingerprint density at radius 1 is 1.26 bits per heavy atom. The minimum atomic E-state index is -0.644. The van der Waals surface area contributed by atoms with E-state index >= 15 is 0 Å². The summed E-state index contributed by atoms with van der Waals surface area (Å²) in [7, 11) is 0. The molecule has 2 heterocycles. The lowest BCUT2D eigenvalue weighted by atomic mass is 10.2. The fourth-order valence-corrected chi connectivity index (χ4v) is 3.52. The first-order chi connectivity index (χ1) is 13.0. The van der Waals surface area contributed by atoms with Crippen LogP contribution in [0.4, 0.5) is 5.69 Å². The Hall–Kier alpha value is -2.64. The highest BCUT2D eigenvalue weighted by Gasteiger charge is 2.17. The van der Waals surface area contributed by atoms with Gasteiger partial charge in [0.15, 0.2) is 11.4 Å². The Morgan fingerprint density at radius 3 is 2.85 bits per heavy atom. The predicted molar refractivity (Wildman–Crippen MR) is 107 cm³/mol. The number of azo groups is 1. The standard InChI is InChI=1S/C19H13BrClN3O3/c1-2-24-14-5-3-11(20)9-13(14)17(19(24)26)22-23-18(25)16-8-10-7-12(21)4-6-15(10)27-16/h3-9,26H,2H2,1H3. The number of carbonyl (C=O) groups excluding carboxylic acids is 1. The monoisotopic (exact) mass is 445 g/mol. The van der Waals surface area contributed by atoms with Crippen molar-refractivity contribution in [1.29, 1.82) is 0 Å². The zero-order chi connectivity index (χ0) is 19.1. The maximum Gasteiger partial charge on any atom is 0.331 e. The van der Waals surface area contributed by atoms with E-state index in [-0.39, 0.29) is 17.3 Å². The van der Waals surface area contributed by atoms with E-state index in [2.05, 4.69) is 26.2 Å². The molecular weight excluding hydrogens is 434 g/mol. The van der Waals surface area contributed by atoms with Crippen LogP contribution in [0.3, 0.4) is 0 Å². The number of fused-ring (bicyclic) bond motifs is 2. The molecule has 0 saturated carbocycles. The fourth-order valence-electron chi connectivity index (χ4n) is 2.98. The van der Waals surface area contributed by atoms with Gasteiger partial charge in [0, 0.05) is 26.8 Å². The number of aryl methyl sites for hydroxylation is 1. The first kappa shape index (κ1) is 17.8. The number of hydrogen-bond donors (Lipinski definition) is 1. The van der Waals surface area contributed by atoms with Crippen molar-refractivity contribution < 1.29 is 14.3 Å². The molecule has 6 nitrogen and oxygen atoms in total. The van der Waals surface area contributed by atoms with E-state index in [1.165, 1.54) is 0 Å². The maximum absolute atomic E-state index is 12.4. The lowest BCUT2D eigenvalue weighted by molar-refractivity contribution is 0.0970. The van der Waals surface area contributed by atoms with Crippen molar-refractivity contribution in [3.63, 3.8) is 0 Å². The number of nitrogens with zero attached hydrogens (tertiary/aromatic N) is 3. The van der Waals surface area contributed by atoms with Gasteiger partial charge in [0.1, 0.15) is 5.58 Å². The molecule has 0 spiro atoms. The summed E-state index contributed by atoms with van der Waals surface area (Å²) >= 11 is 9.36. The van der Waals surface area contributed by atoms with Crippen molar-refractivity contribution in [3.05, 3.63) is 57.7 Å². The van der Waals surface area contributed by atoms with E-state index in [9.17, 15) is 9.90 Å². The Labute approximate surface area is 167 Å². The minimum absolute atomic E-state index is 0.0430. The van der Waals surface area contributed by atoms with Gasteiger partial charge >= 0.3 is 5.91 Å². The van der Waals surface area contributed by atoms with Crippen LogP contribution < -0.4 is 0 Å². The predicted octanol–water partition coefficient (Wildman–Crippen LogP) is 6.45. The van der Waals surface area contributed by atoms with Crippen molar-refractivity contribution >= 4 is 61.0 Å². The third-order valence-electron chi connectivity index (χ3n) is 4.22. The van der Waals surface area contributed by atoms with Gasteiger partial charge in [-0.1, -0.05) is 27.5 Å². The van der Waals surface area contributed by atoms with E-state index in [4.69, 9.17) is 16.0 Å². The molecule has 0 saturated heterocycles. The fraction of sp³-hybridized carbons (Fsp3) is 0.105. The van der Waals surface area contributed by atoms with E-state index in [0.717, 1.165) is 9.99 Å². The van der Waals surface area contributed by atoms with Gasteiger partial charge in [0.2, 0.25) is 5.88 Å². The number of aromatic hydroxyl groups is 1. The molecule has 8 heteroatoms. The van der Waals surface area contributed by atoms with E-state index < -0.39 is 5.91 Å². The van der Waals surface area contributed by atoms with Gasteiger partial charge in [-0.2, -0.15) is 0 Å². The van der Waals surface area contributed by atoms with Crippen LogP contribution in [-0.2, 0) is 6.54 Å². The number of halogens is 2. The second kappa shape index (κ2) is 6.83. The van der Waals surface area contributed by atoms with Gasteiger partial charge in [0.05, 0.1) is 5.52 Å². The van der Waals surface area contributed by atoms with Crippen molar-refractivity contribution in [1.82, 2.24) is 4.57 Å². The molecular formula is C19H13BrClN3O3. The third-order valence-corrected chi connectivity index (χ3v) is 4.95. The van der Waals surface area contributed by atoms with Gasteiger partial charge in [-0.25, -0.2) is 0 Å². The molecule has 0 bridgehead atoms. The number of furan rings is 1. The Balaban J connectivity index is 1.74. The van der Waals surface area contributed by atoms with Gasteiger partial charge in [-0.15, -0.1) is 10.2 Å². The Bertz CT molecular complexity index is 1230. The highest BCUT2D eigenvalue weighted by molar-refractivity contribution is 9.10. The van der Waals surface area contributed by atoms with Crippen LogP contribution in [0.5, 0.6) is 5.88 Å². The molecule has 4 aromatic rings. The number of amides is 1. The molecule has 4 rings (SSSR count). The first-order valence-corrected chi connectivity index (χ1v) is 9.31. The highest BCUT2D eigenvalue weighted by Crippen LogP contribution is 2.40. The van der Waals surface area contributed by atoms with E-state index in [1.54, 1.807) is 28.8 Å². The average molecular weight is 447 g/mol. The molecule has 1 amide bonds. The number of rotatable bonds is 3. The summed E-state index contributed by atoms with van der Waals surface area (Å²) in [4.78, 5) is 12.4. The molecule has 0 aliphatic carbocycles. The van der Waals surface area contributed by atoms with Crippen molar-refractivity contribution in [2.45, 2.75) is 13.5 Å². The maximum atomic E-state index is 12.4. The summed E-state index contributed by atoms with van der Waals surface area (Å²) in [6, 6.07) is 12.2. The van der Waals surface area contributed by atoms with Gasteiger partial charge < -0.3 is 14.1 Å². The zero-order valence-electron chi connectivity index (χ0n) is 14.1. The molecule has 0 fully saturated rings. The minimum Gasteiger partial charge on any atom is -0.493 e. The van der Waals surface area contributed by atoms with Crippen LogP contribution in [0.15, 0.2) is 61.6 Å². The topological polar surface area (TPSA) is 80.1 Å². The smallest absolute Gasteiger partial charge is 0.331 e. The molecule has 1 N–H and O–H groups in total. The van der Waals surface area contributed by atoms with Gasteiger partial charge in [-0.3, -0.25) is 4.79 Å². The molecule has 2 aromatic carbocycles. The van der Waals surface area contributed by atoms with E-state index in [0.29, 0.717) is 27.9 Å². The van der Waals surface area contributed by atoms with Crippen molar-refractivity contribution in [2.24, 2.45) is 10.2 Å². The summed E-state index contributed by atoms with van der Waals surface area (Å²) in [5, 5.41) is 20.2. The highest BCUT2D eigenvalue weighted by atomic mass is 79.9. The lowest BCUT2D eigenvalue weighted by Gasteiger charge is -2.01. The third kappa shape index (κ3) is 3.13.